The third kappa shape index (κ3) is 10.5. The van der Waals surface area contributed by atoms with E-state index >= 15 is 0 Å². The van der Waals surface area contributed by atoms with Crippen LogP contribution < -0.4 is 22.9 Å². The molecular formula is C24H24N8O12. The Bertz CT molecular complexity index is 1620. The van der Waals surface area contributed by atoms with Crippen LogP contribution in [0.3, 0.4) is 0 Å². The Kier molecular flexibility index (Phi) is 12.4. The third-order valence-corrected chi connectivity index (χ3v) is 4.91. The number of nitro benzene ring substituents is 4. The van der Waals surface area contributed by atoms with Crippen LogP contribution in [0.2, 0.25) is 0 Å². The molecule has 0 bridgehead atoms. The van der Waals surface area contributed by atoms with Crippen LogP contribution in [-0.4, -0.2) is 40.1 Å². The summed E-state index contributed by atoms with van der Waals surface area (Å²) in [5.74, 6) is -0.748. The molecule has 0 amide bonds. The second-order valence-electron chi connectivity index (χ2n) is 7.97. The van der Waals surface area contributed by atoms with E-state index in [0.29, 0.717) is 0 Å². The molecule has 0 saturated carbocycles. The van der Waals surface area contributed by atoms with Crippen molar-refractivity contribution in [1.29, 1.82) is 0 Å². The van der Waals surface area contributed by atoms with E-state index in [1.54, 1.807) is 0 Å². The van der Waals surface area contributed by atoms with Gasteiger partial charge in [0.1, 0.15) is 28.7 Å². The van der Waals surface area contributed by atoms with Gasteiger partial charge in [-0.2, -0.15) is 0 Å². The summed E-state index contributed by atoms with van der Waals surface area (Å²) >= 11 is 0. The summed E-state index contributed by atoms with van der Waals surface area (Å²) in [4.78, 5) is 38.2. The van der Waals surface area contributed by atoms with Crippen molar-refractivity contribution >= 4 is 45.5 Å². The molecule has 0 aliphatic rings. The Morgan fingerprint density at radius 2 is 1.02 bits per heavy atom. The number of phenols is 4. The van der Waals surface area contributed by atoms with E-state index < -0.39 is 19.7 Å². The molecule has 44 heavy (non-hydrogen) atoms. The summed E-state index contributed by atoms with van der Waals surface area (Å²) in [5, 5.41) is 76.1. The molecule has 4 aromatic carbocycles. The second-order valence-corrected chi connectivity index (χ2v) is 7.97. The lowest BCUT2D eigenvalue weighted by molar-refractivity contribution is -0.385. The van der Waals surface area contributed by atoms with Gasteiger partial charge in [0.15, 0.2) is 5.69 Å². The number of aromatic hydroxyl groups is 4. The molecule has 0 aliphatic carbocycles. The molecule has 0 atom stereocenters. The number of hydrogen-bond donors (Lipinski definition) is 8. The second kappa shape index (κ2) is 15.6. The van der Waals surface area contributed by atoms with Crippen molar-refractivity contribution < 1.29 is 40.1 Å². The Morgan fingerprint density at radius 1 is 0.477 bits per heavy atom. The SMILES string of the molecule is Nc1c(O)cccc1[N+](=O)[O-].Nc1cc(O)ccc1[N+](=O)[O-].Nc1cc([N+](=O)[O-])ccc1O.Nc1ccc([N+](=O)[O-])cc1O. The zero-order valence-electron chi connectivity index (χ0n) is 22.1. The molecule has 12 N–H and O–H groups in total. The van der Waals surface area contributed by atoms with Gasteiger partial charge < -0.3 is 43.4 Å². The number of nitrogens with two attached hydrogens (primary N) is 4. The lowest BCUT2D eigenvalue weighted by atomic mass is 10.2. The number of rotatable bonds is 4. The molecule has 20 heteroatoms. The molecule has 232 valence electrons. The highest BCUT2D eigenvalue weighted by molar-refractivity contribution is 5.66. The largest absolute Gasteiger partial charge is 0.508 e. The highest BCUT2D eigenvalue weighted by Crippen LogP contribution is 2.29. The first-order valence-electron chi connectivity index (χ1n) is 11.4. The van der Waals surface area contributed by atoms with Crippen LogP contribution in [0.5, 0.6) is 23.0 Å². The van der Waals surface area contributed by atoms with Gasteiger partial charge in [-0.3, -0.25) is 40.5 Å². The maximum absolute atomic E-state index is 10.2. The summed E-state index contributed by atoms with van der Waals surface area (Å²) in [6, 6.07) is 14.4. The van der Waals surface area contributed by atoms with Gasteiger partial charge in [-0.1, -0.05) is 6.07 Å². The minimum atomic E-state index is -0.644. The Hall–Kier alpha value is -7.12. The number of nitrogens with zero attached hydrogens (tertiary/aromatic N) is 4. The highest BCUT2D eigenvalue weighted by Gasteiger charge is 2.13. The molecule has 20 nitrogen and oxygen atoms in total. The lowest BCUT2D eigenvalue weighted by Gasteiger charge is -1.97. The molecule has 0 spiro atoms. The molecule has 0 unspecified atom stereocenters. The molecule has 0 fully saturated rings. The number of nitrogen functional groups attached to an aromatic ring is 4. The Balaban J connectivity index is 0.000000293. The van der Waals surface area contributed by atoms with Crippen molar-refractivity contribution in [2.24, 2.45) is 0 Å². The predicted molar refractivity (Wildman–Crippen MR) is 157 cm³/mol. The highest BCUT2D eigenvalue weighted by atomic mass is 16.6. The monoisotopic (exact) mass is 616 g/mol. The van der Waals surface area contributed by atoms with Gasteiger partial charge in [0, 0.05) is 36.4 Å². The predicted octanol–water partition coefficient (Wildman–Crippen LogP) is 3.53. The number of benzene rings is 4. The van der Waals surface area contributed by atoms with Crippen molar-refractivity contribution in [3.05, 3.63) is 113 Å². The van der Waals surface area contributed by atoms with E-state index in [1.807, 2.05) is 0 Å². The van der Waals surface area contributed by atoms with E-state index in [2.05, 4.69) is 0 Å². The summed E-state index contributed by atoms with van der Waals surface area (Å²) in [6.07, 6.45) is 0. The van der Waals surface area contributed by atoms with Crippen LogP contribution >= 0.6 is 0 Å². The number of para-hydroxylation sites is 1. The van der Waals surface area contributed by atoms with Crippen LogP contribution in [-0.2, 0) is 0 Å². The molecular weight excluding hydrogens is 592 g/mol. The van der Waals surface area contributed by atoms with Gasteiger partial charge in [-0.15, -0.1) is 0 Å². The molecule has 0 saturated heterocycles. The van der Waals surface area contributed by atoms with Gasteiger partial charge in [0.05, 0.1) is 37.1 Å². The van der Waals surface area contributed by atoms with Gasteiger partial charge in [-0.05, 0) is 24.3 Å². The third-order valence-electron chi connectivity index (χ3n) is 4.91. The van der Waals surface area contributed by atoms with Crippen LogP contribution in [0.15, 0.2) is 72.8 Å². The number of phenolic OH excluding ortho intramolecular Hbond substituents is 4. The fraction of sp³-hybridized carbons (Fsp3) is 0. The van der Waals surface area contributed by atoms with E-state index in [0.717, 1.165) is 24.3 Å². The number of anilines is 4. The number of nitro groups is 4. The van der Waals surface area contributed by atoms with Crippen LogP contribution in [0.25, 0.3) is 0 Å². The average molecular weight is 617 g/mol. The summed E-state index contributed by atoms with van der Waals surface area (Å²) < 4.78 is 0. The minimum absolute atomic E-state index is 0.0131. The van der Waals surface area contributed by atoms with E-state index in [-0.39, 0.29) is 68.5 Å². The van der Waals surface area contributed by atoms with Gasteiger partial charge in [-0.25, -0.2) is 0 Å². The van der Waals surface area contributed by atoms with Gasteiger partial charge in [0.2, 0.25) is 0 Å². The number of non-ortho nitro benzene ring substituents is 2. The van der Waals surface area contributed by atoms with E-state index in [1.165, 1.54) is 48.5 Å². The first-order chi connectivity index (χ1) is 20.5. The van der Waals surface area contributed by atoms with Crippen LogP contribution in [0.4, 0.5) is 45.5 Å². The summed E-state index contributed by atoms with van der Waals surface area (Å²) in [7, 11) is 0. The normalized spacial score (nSPS) is 9.45. The summed E-state index contributed by atoms with van der Waals surface area (Å²) in [6.45, 7) is 0. The zero-order chi connectivity index (χ0) is 33.7. The molecule has 4 aromatic rings. The smallest absolute Gasteiger partial charge is 0.295 e. The summed E-state index contributed by atoms with van der Waals surface area (Å²) in [5.41, 5.74) is 20.0. The maximum atomic E-state index is 10.2. The van der Waals surface area contributed by atoms with Crippen LogP contribution in [0.1, 0.15) is 0 Å². The standard InChI is InChI=1S/4C6H6N2O3/c7-5-3-4(9)1-2-6(5)8(10)11;7-5-3-4(8(10)11)1-2-6(5)9;7-5-2-1-4(8(10)11)3-6(5)9;7-6-4(8(10)11)2-1-3-5(6)9/h4*1-3,9H,7H2. The van der Waals surface area contributed by atoms with E-state index in [4.69, 9.17) is 43.4 Å². The topological polar surface area (TPSA) is 358 Å². The van der Waals surface area contributed by atoms with Gasteiger partial charge in [0.25, 0.3) is 22.7 Å². The van der Waals surface area contributed by atoms with E-state index in [9.17, 15) is 40.5 Å². The Labute approximate surface area is 245 Å². The lowest BCUT2D eigenvalue weighted by Crippen LogP contribution is -1.94. The van der Waals surface area contributed by atoms with Gasteiger partial charge >= 0.3 is 0 Å². The van der Waals surface area contributed by atoms with Crippen molar-refractivity contribution in [1.82, 2.24) is 0 Å². The molecule has 0 radical (unpaired) electrons. The number of hydrogen-bond acceptors (Lipinski definition) is 16. The van der Waals surface area contributed by atoms with Crippen molar-refractivity contribution in [2.45, 2.75) is 0 Å². The van der Waals surface area contributed by atoms with Crippen LogP contribution in [0, 0.1) is 40.5 Å². The Morgan fingerprint density at radius 3 is 1.48 bits per heavy atom. The molecule has 0 aliphatic heterocycles. The first kappa shape index (κ1) is 34.9. The molecule has 0 aromatic heterocycles. The minimum Gasteiger partial charge on any atom is -0.508 e. The maximum Gasteiger partial charge on any atom is 0.295 e. The average Bonchev–Trinajstić information content (AvgIpc) is 2.93. The van der Waals surface area contributed by atoms with Crippen molar-refractivity contribution in [3.63, 3.8) is 0 Å². The van der Waals surface area contributed by atoms with Crippen molar-refractivity contribution in [3.8, 4) is 23.0 Å². The molecule has 0 heterocycles. The zero-order valence-corrected chi connectivity index (χ0v) is 22.1. The first-order valence-corrected chi connectivity index (χ1v) is 11.4. The fourth-order valence-electron chi connectivity index (χ4n) is 2.71. The van der Waals surface area contributed by atoms with Crippen molar-refractivity contribution in [2.75, 3.05) is 22.9 Å². The fourth-order valence-corrected chi connectivity index (χ4v) is 2.71. The quantitative estimate of drug-likeness (QED) is 0.0702. The molecule has 4 rings (SSSR count).